The molecule has 1 fully saturated rings. The maximum atomic E-state index is 9.01. The predicted molar refractivity (Wildman–Crippen MR) is 48.4 cm³/mol. The van der Waals surface area contributed by atoms with Crippen molar-refractivity contribution in [3.8, 4) is 5.75 Å². The summed E-state index contributed by atoms with van der Waals surface area (Å²) in [5, 5.41) is 9.01. The molecule has 1 N–H and O–H groups in total. The zero-order chi connectivity index (χ0) is 9.10. The molecule has 0 radical (unpaired) electrons. The highest BCUT2D eigenvalue weighted by Gasteiger charge is 2.20. The molecule has 1 saturated carbocycles. The van der Waals surface area contributed by atoms with Crippen molar-refractivity contribution in [1.82, 2.24) is 4.98 Å². The molecule has 0 amide bonds. The van der Waals surface area contributed by atoms with Crippen LogP contribution in [-0.2, 0) is 6.61 Å². The Balaban J connectivity index is 2.08. The van der Waals surface area contributed by atoms with Crippen molar-refractivity contribution >= 4 is 0 Å². The summed E-state index contributed by atoms with van der Waals surface area (Å²) in [5.41, 5.74) is 0.821. The molecule has 1 aromatic rings. The van der Waals surface area contributed by atoms with Crippen LogP contribution in [0.25, 0.3) is 0 Å². The van der Waals surface area contributed by atoms with Crippen LogP contribution < -0.4 is 4.74 Å². The van der Waals surface area contributed by atoms with Crippen molar-refractivity contribution in [1.29, 1.82) is 0 Å². The second-order valence-electron chi connectivity index (χ2n) is 3.31. The summed E-state index contributed by atoms with van der Waals surface area (Å²) in [6.07, 6.45) is 7.18. The van der Waals surface area contributed by atoms with E-state index in [0.717, 1.165) is 24.2 Å². The summed E-state index contributed by atoms with van der Waals surface area (Å²) < 4.78 is 5.65. The van der Waals surface area contributed by atoms with Crippen LogP contribution in [0.4, 0.5) is 0 Å². The summed E-state index contributed by atoms with van der Waals surface area (Å²) in [4.78, 5) is 3.97. The van der Waals surface area contributed by atoms with Gasteiger partial charge >= 0.3 is 0 Å². The number of hydrogen-bond donors (Lipinski definition) is 1. The summed E-state index contributed by atoms with van der Waals surface area (Å²) in [7, 11) is 0. The zero-order valence-electron chi connectivity index (χ0n) is 7.44. The molecule has 1 aromatic heterocycles. The second-order valence-corrected chi connectivity index (χ2v) is 3.31. The van der Waals surface area contributed by atoms with E-state index in [-0.39, 0.29) is 6.61 Å². The van der Waals surface area contributed by atoms with Crippen LogP contribution in [0.15, 0.2) is 18.5 Å². The Morgan fingerprint density at radius 3 is 3.00 bits per heavy atom. The van der Waals surface area contributed by atoms with Crippen LogP contribution in [0.1, 0.15) is 24.8 Å². The van der Waals surface area contributed by atoms with Crippen molar-refractivity contribution in [3.63, 3.8) is 0 Å². The van der Waals surface area contributed by atoms with Crippen LogP contribution in [-0.4, -0.2) is 16.2 Å². The Kier molecular flexibility index (Phi) is 2.45. The Morgan fingerprint density at radius 2 is 2.38 bits per heavy atom. The summed E-state index contributed by atoms with van der Waals surface area (Å²) in [6.45, 7) is 0.0184. The summed E-state index contributed by atoms with van der Waals surface area (Å²) >= 11 is 0. The molecule has 0 aliphatic heterocycles. The van der Waals surface area contributed by atoms with E-state index in [1.165, 1.54) is 6.42 Å². The smallest absolute Gasteiger partial charge is 0.143 e. The van der Waals surface area contributed by atoms with E-state index < -0.39 is 0 Å². The van der Waals surface area contributed by atoms with E-state index in [9.17, 15) is 0 Å². The van der Waals surface area contributed by atoms with Crippen LogP contribution in [0.5, 0.6) is 5.75 Å². The van der Waals surface area contributed by atoms with E-state index >= 15 is 0 Å². The standard InChI is InChI=1S/C10H13NO2/c12-7-8-4-5-11-6-10(8)13-9-2-1-3-9/h4-6,9,12H,1-3,7H2. The van der Waals surface area contributed by atoms with E-state index in [0.29, 0.717) is 6.10 Å². The van der Waals surface area contributed by atoms with Crippen molar-refractivity contribution < 1.29 is 9.84 Å². The van der Waals surface area contributed by atoms with E-state index in [4.69, 9.17) is 9.84 Å². The van der Waals surface area contributed by atoms with Crippen molar-refractivity contribution in [2.45, 2.75) is 32.0 Å². The van der Waals surface area contributed by atoms with Gasteiger partial charge in [0, 0.05) is 11.8 Å². The normalized spacial score (nSPS) is 16.7. The van der Waals surface area contributed by atoms with Crippen molar-refractivity contribution in [2.75, 3.05) is 0 Å². The molecule has 1 aliphatic rings. The average Bonchev–Trinajstić information content (AvgIpc) is 2.12. The molecule has 3 heteroatoms. The molecule has 0 saturated heterocycles. The highest BCUT2D eigenvalue weighted by Crippen LogP contribution is 2.26. The Hall–Kier alpha value is -1.09. The molecule has 3 nitrogen and oxygen atoms in total. The first kappa shape index (κ1) is 8.51. The molecule has 70 valence electrons. The highest BCUT2D eigenvalue weighted by molar-refractivity contribution is 5.29. The number of rotatable bonds is 3. The van der Waals surface area contributed by atoms with Gasteiger partial charge in [-0.25, -0.2) is 0 Å². The van der Waals surface area contributed by atoms with Crippen molar-refractivity contribution in [3.05, 3.63) is 24.0 Å². The van der Waals surface area contributed by atoms with Gasteiger partial charge in [-0.3, -0.25) is 4.98 Å². The molecule has 1 heterocycles. The number of pyridine rings is 1. The molecule has 0 aromatic carbocycles. The SMILES string of the molecule is OCc1ccncc1OC1CCC1. The molecule has 2 rings (SSSR count). The number of ether oxygens (including phenoxy) is 1. The van der Waals surface area contributed by atoms with Crippen LogP contribution >= 0.6 is 0 Å². The fraction of sp³-hybridized carbons (Fsp3) is 0.500. The molecule has 1 aliphatic carbocycles. The Labute approximate surface area is 77.4 Å². The largest absolute Gasteiger partial charge is 0.488 e. The van der Waals surface area contributed by atoms with Gasteiger partial charge in [-0.1, -0.05) is 0 Å². The maximum absolute atomic E-state index is 9.01. The lowest BCUT2D eigenvalue weighted by Crippen LogP contribution is -2.25. The average molecular weight is 179 g/mol. The quantitative estimate of drug-likeness (QED) is 0.764. The zero-order valence-corrected chi connectivity index (χ0v) is 7.44. The van der Waals surface area contributed by atoms with Gasteiger partial charge < -0.3 is 9.84 Å². The highest BCUT2D eigenvalue weighted by atomic mass is 16.5. The van der Waals surface area contributed by atoms with Gasteiger partial charge in [-0.05, 0) is 25.3 Å². The first-order chi connectivity index (χ1) is 6.40. The third-order valence-corrected chi connectivity index (χ3v) is 2.39. The topological polar surface area (TPSA) is 42.4 Å². The molecule has 0 bridgehead atoms. The summed E-state index contributed by atoms with van der Waals surface area (Å²) in [5.74, 6) is 0.731. The third kappa shape index (κ3) is 1.80. The molecule has 13 heavy (non-hydrogen) atoms. The fourth-order valence-corrected chi connectivity index (χ4v) is 1.31. The van der Waals surface area contributed by atoms with Gasteiger partial charge in [0.05, 0.1) is 18.9 Å². The second kappa shape index (κ2) is 3.75. The third-order valence-electron chi connectivity index (χ3n) is 2.39. The number of aliphatic hydroxyl groups excluding tert-OH is 1. The minimum atomic E-state index is 0.0184. The molecule has 0 unspecified atom stereocenters. The monoisotopic (exact) mass is 179 g/mol. The maximum Gasteiger partial charge on any atom is 0.143 e. The Bertz CT molecular complexity index is 284. The number of nitrogens with zero attached hydrogens (tertiary/aromatic N) is 1. The molecule has 0 spiro atoms. The number of hydrogen-bond acceptors (Lipinski definition) is 3. The van der Waals surface area contributed by atoms with Crippen LogP contribution in [0, 0.1) is 0 Å². The van der Waals surface area contributed by atoms with E-state index in [1.54, 1.807) is 18.5 Å². The van der Waals surface area contributed by atoms with Gasteiger partial charge in [-0.2, -0.15) is 0 Å². The van der Waals surface area contributed by atoms with Gasteiger partial charge in [0.25, 0.3) is 0 Å². The minimum Gasteiger partial charge on any atom is -0.488 e. The van der Waals surface area contributed by atoms with Gasteiger partial charge in [0.2, 0.25) is 0 Å². The first-order valence-electron chi connectivity index (χ1n) is 4.60. The van der Waals surface area contributed by atoms with E-state index in [1.807, 2.05) is 0 Å². The molecular formula is C10H13NO2. The lowest BCUT2D eigenvalue weighted by atomic mass is 9.96. The lowest BCUT2D eigenvalue weighted by Gasteiger charge is -2.26. The van der Waals surface area contributed by atoms with Gasteiger partial charge in [0.1, 0.15) is 5.75 Å². The Morgan fingerprint density at radius 1 is 1.54 bits per heavy atom. The first-order valence-corrected chi connectivity index (χ1v) is 4.60. The molecular weight excluding hydrogens is 166 g/mol. The summed E-state index contributed by atoms with van der Waals surface area (Å²) in [6, 6.07) is 1.79. The lowest BCUT2D eigenvalue weighted by molar-refractivity contribution is 0.116. The number of aliphatic hydroxyl groups is 1. The number of aromatic nitrogens is 1. The fourth-order valence-electron chi connectivity index (χ4n) is 1.31. The minimum absolute atomic E-state index is 0.0184. The molecule has 0 atom stereocenters. The van der Waals surface area contributed by atoms with Gasteiger partial charge in [-0.15, -0.1) is 0 Å². The van der Waals surface area contributed by atoms with Crippen molar-refractivity contribution in [2.24, 2.45) is 0 Å². The van der Waals surface area contributed by atoms with E-state index in [2.05, 4.69) is 4.98 Å². The predicted octanol–water partition coefficient (Wildman–Crippen LogP) is 1.51. The van der Waals surface area contributed by atoms with Crippen LogP contribution in [0.3, 0.4) is 0 Å². The van der Waals surface area contributed by atoms with Gasteiger partial charge in [0.15, 0.2) is 0 Å². The van der Waals surface area contributed by atoms with Crippen LogP contribution in [0.2, 0.25) is 0 Å².